The van der Waals surface area contributed by atoms with E-state index in [9.17, 15) is 9.59 Å². The Morgan fingerprint density at radius 3 is 2.32 bits per heavy atom. The van der Waals surface area contributed by atoms with E-state index in [2.05, 4.69) is 15.1 Å². The number of likely N-dealkylation sites (tertiary alicyclic amines) is 1. The maximum atomic E-state index is 13.2. The van der Waals surface area contributed by atoms with Gasteiger partial charge in [-0.3, -0.25) is 19.1 Å². The first-order chi connectivity index (χ1) is 13.5. The zero-order valence-electron chi connectivity index (χ0n) is 16.4. The molecule has 1 aromatic carbocycles. The first kappa shape index (κ1) is 18.6. The lowest BCUT2D eigenvalue weighted by Gasteiger charge is -2.37. The van der Waals surface area contributed by atoms with E-state index in [0.29, 0.717) is 31.7 Å². The predicted octanol–water partition coefficient (Wildman–Crippen LogP) is 0.954. The van der Waals surface area contributed by atoms with Crippen molar-refractivity contribution in [3.8, 4) is 5.69 Å². The number of rotatable bonds is 3. The highest BCUT2D eigenvalue weighted by Gasteiger charge is 2.33. The van der Waals surface area contributed by atoms with Crippen LogP contribution in [-0.2, 0) is 4.79 Å². The molecule has 0 N–H and O–H groups in total. The molecule has 148 valence electrons. The van der Waals surface area contributed by atoms with Crippen LogP contribution in [0.2, 0.25) is 0 Å². The summed E-state index contributed by atoms with van der Waals surface area (Å²) in [5.74, 6) is 0.185. The summed E-state index contributed by atoms with van der Waals surface area (Å²) in [5, 5.41) is 7.69. The van der Waals surface area contributed by atoms with Gasteiger partial charge in [0.05, 0.1) is 17.3 Å². The molecule has 0 saturated carbocycles. The van der Waals surface area contributed by atoms with Crippen molar-refractivity contribution in [3.05, 3.63) is 42.0 Å². The highest BCUT2D eigenvalue weighted by atomic mass is 16.2. The number of carbonyl (C=O) groups excluding carboxylic acids is 2. The van der Waals surface area contributed by atoms with Gasteiger partial charge in [0.2, 0.25) is 5.91 Å². The van der Waals surface area contributed by atoms with Crippen LogP contribution >= 0.6 is 0 Å². The lowest BCUT2D eigenvalue weighted by Crippen LogP contribution is -2.54. The molecule has 3 heterocycles. The summed E-state index contributed by atoms with van der Waals surface area (Å²) in [6.07, 6.45) is 5.19. The summed E-state index contributed by atoms with van der Waals surface area (Å²) in [5.41, 5.74) is 2.43. The first-order valence-electron chi connectivity index (χ1n) is 9.78. The van der Waals surface area contributed by atoms with Gasteiger partial charge in [-0.25, -0.2) is 0 Å². The Morgan fingerprint density at radius 1 is 1.00 bits per heavy atom. The molecule has 0 spiro atoms. The van der Waals surface area contributed by atoms with Gasteiger partial charge in [0.1, 0.15) is 12.7 Å². The van der Waals surface area contributed by atoms with Crippen molar-refractivity contribution < 1.29 is 9.59 Å². The first-order valence-corrected chi connectivity index (χ1v) is 9.78. The fourth-order valence-corrected chi connectivity index (χ4v) is 4.10. The fraction of sp³-hybridized carbons (Fsp3) is 0.500. The SMILES string of the molecule is Cc1ccc(-n2cnnc2)c(C(=O)N2CCN(C(=O)C3CCCN3C)CC2)c1. The average Bonchev–Trinajstić information content (AvgIpc) is 3.39. The average molecular weight is 382 g/mol. The van der Waals surface area contributed by atoms with Gasteiger partial charge in [-0.05, 0) is 45.5 Å². The maximum absolute atomic E-state index is 13.2. The van der Waals surface area contributed by atoms with Crippen molar-refractivity contribution in [2.45, 2.75) is 25.8 Å². The van der Waals surface area contributed by atoms with Gasteiger partial charge in [0.25, 0.3) is 5.91 Å². The Labute approximate surface area is 164 Å². The molecular formula is C20H26N6O2. The van der Waals surface area contributed by atoms with Crippen LogP contribution in [-0.4, -0.2) is 87.1 Å². The van der Waals surface area contributed by atoms with E-state index in [-0.39, 0.29) is 17.9 Å². The lowest BCUT2D eigenvalue weighted by molar-refractivity contribution is -0.137. The summed E-state index contributed by atoms with van der Waals surface area (Å²) >= 11 is 0. The van der Waals surface area contributed by atoms with E-state index in [0.717, 1.165) is 30.6 Å². The number of benzene rings is 1. The monoisotopic (exact) mass is 382 g/mol. The molecular weight excluding hydrogens is 356 g/mol. The van der Waals surface area contributed by atoms with E-state index in [4.69, 9.17) is 0 Å². The van der Waals surface area contributed by atoms with Crippen molar-refractivity contribution in [2.24, 2.45) is 0 Å². The minimum Gasteiger partial charge on any atom is -0.338 e. The van der Waals surface area contributed by atoms with Gasteiger partial charge >= 0.3 is 0 Å². The molecule has 4 rings (SSSR count). The molecule has 8 nitrogen and oxygen atoms in total. The number of aromatic nitrogens is 3. The molecule has 2 aliphatic heterocycles. The highest BCUT2D eigenvalue weighted by Crippen LogP contribution is 2.21. The molecule has 1 aromatic heterocycles. The van der Waals surface area contributed by atoms with Crippen molar-refractivity contribution >= 4 is 11.8 Å². The molecule has 2 aromatic rings. The van der Waals surface area contributed by atoms with E-state index in [1.54, 1.807) is 17.2 Å². The molecule has 8 heteroatoms. The number of hydrogen-bond donors (Lipinski definition) is 0. The Hall–Kier alpha value is -2.74. The van der Waals surface area contributed by atoms with E-state index >= 15 is 0 Å². The van der Waals surface area contributed by atoms with Crippen LogP contribution in [0.5, 0.6) is 0 Å². The maximum Gasteiger partial charge on any atom is 0.256 e. The van der Waals surface area contributed by atoms with Gasteiger partial charge < -0.3 is 9.80 Å². The van der Waals surface area contributed by atoms with Crippen LogP contribution in [0.1, 0.15) is 28.8 Å². The number of amides is 2. The molecule has 0 radical (unpaired) electrons. The second-order valence-electron chi connectivity index (χ2n) is 7.65. The Balaban J connectivity index is 1.46. The Kier molecular flexibility index (Phi) is 5.13. The molecule has 1 unspecified atom stereocenters. The predicted molar refractivity (Wildman–Crippen MR) is 104 cm³/mol. The molecule has 2 amide bonds. The second-order valence-corrected chi connectivity index (χ2v) is 7.65. The lowest BCUT2D eigenvalue weighted by atomic mass is 10.1. The van der Waals surface area contributed by atoms with Gasteiger partial charge in [-0.1, -0.05) is 11.6 Å². The highest BCUT2D eigenvalue weighted by molar-refractivity contribution is 5.98. The van der Waals surface area contributed by atoms with Crippen LogP contribution in [0.15, 0.2) is 30.9 Å². The van der Waals surface area contributed by atoms with Crippen LogP contribution in [0, 0.1) is 6.92 Å². The van der Waals surface area contributed by atoms with Crippen LogP contribution in [0.3, 0.4) is 0 Å². The number of carbonyl (C=O) groups is 2. The van der Waals surface area contributed by atoms with Gasteiger partial charge in [0.15, 0.2) is 0 Å². The minimum absolute atomic E-state index is 0.000585. The third kappa shape index (κ3) is 3.52. The van der Waals surface area contributed by atoms with Crippen molar-refractivity contribution in [1.29, 1.82) is 0 Å². The van der Waals surface area contributed by atoms with Gasteiger partial charge in [-0.2, -0.15) is 0 Å². The summed E-state index contributed by atoms with van der Waals surface area (Å²) in [7, 11) is 2.01. The molecule has 2 saturated heterocycles. The third-order valence-electron chi connectivity index (χ3n) is 5.76. The normalized spacial score (nSPS) is 20.6. The molecule has 1 atom stereocenters. The molecule has 2 aliphatic rings. The largest absolute Gasteiger partial charge is 0.338 e. The van der Waals surface area contributed by atoms with Gasteiger partial charge in [0, 0.05) is 26.2 Å². The van der Waals surface area contributed by atoms with Crippen LogP contribution in [0.4, 0.5) is 0 Å². The minimum atomic E-state index is -0.0162. The molecule has 2 fully saturated rings. The standard InChI is InChI=1S/C20H26N6O2/c1-15-5-6-17(26-13-21-22-14-26)16(12-15)19(27)24-8-10-25(11-9-24)20(28)18-4-3-7-23(18)2/h5-6,12-14,18H,3-4,7-11H2,1-2H3. The Bertz CT molecular complexity index is 858. The second kappa shape index (κ2) is 7.71. The van der Waals surface area contributed by atoms with Crippen molar-refractivity contribution in [3.63, 3.8) is 0 Å². The summed E-state index contributed by atoms with van der Waals surface area (Å²) in [6, 6.07) is 5.80. The third-order valence-corrected chi connectivity index (χ3v) is 5.76. The number of likely N-dealkylation sites (N-methyl/N-ethyl adjacent to an activating group) is 1. The number of aryl methyl sites for hydroxylation is 1. The summed E-state index contributed by atoms with van der Waals surface area (Å²) in [4.78, 5) is 31.9. The molecule has 0 bridgehead atoms. The van der Waals surface area contributed by atoms with Crippen LogP contribution in [0.25, 0.3) is 5.69 Å². The molecule has 28 heavy (non-hydrogen) atoms. The van der Waals surface area contributed by atoms with Gasteiger partial charge in [-0.15, -0.1) is 10.2 Å². The smallest absolute Gasteiger partial charge is 0.256 e. The van der Waals surface area contributed by atoms with E-state index < -0.39 is 0 Å². The van der Waals surface area contributed by atoms with Crippen LogP contribution < -0.4 is 0 Å². The fourth-order valence-electron chi connectivity index (χ4n) is 4.10. The zero-order chi connectivity index (χ0) is 19.7. The van der Waals surface area contributed by atoms with E-state index in [1.807, 2.05) is 42.0 Å². The number of piperazine rings is 1. The molecule has 0 aliphatic carbocycles. The van der Waals surface area contributed by atoms with Crippen molar-refractivity contribution in [2.75, 3.05) is 39.8 Å². The quantitative estimate of drug-likeness (QED) is 0.790. The zero-order valence-corrected chi connectivity index (χ0v) is 16.4. The van der Waals surface area contributed by atoms with Crippen molar-refractivity contribution in [1.82, 2.24) is 29.5 Å². The topological polar surface area (TPSA) is 74.6 Å². The van der Waals surface area contributed by atoms with E-state index in [1.165, 1.54) is 0 Å². The Morgan fingerprint density at radius 2 is 1.68 bits per heavy atom. The number of hydrogen-bond acceptors (Lipinski definition) is 5. The number of nitrogens with zero attached hydrogens (tertiary/aromatic N) is 6. The summed E-state index contributed by atoms with van der Waals surface area (Å²) in [6.45, 7) is 5.23. The summed E-state index contributed by atoms with van der Waals surface area (Å²) < 4.78 is 1.75.